The van der Waals surface area contributed by atoms with Crippen LogP contribution < -0.4 is 61.8 Å². The molecule has 0 atom stereocenters. The van der Waals surface area contributed by atoms with E-state index >= 15 is 0 Å². The van der Waals surface area contributed by atoms with Crippen LogP contribution in [0.5, 0.6) is 0 Å². The van der Waals surface area contributed by atoms with Gasteiger partial charge in [-0.15, -0.1) is 0 Å². The fraction of sp³-hybridized carbons (Fsp3) is 0. The molecule has 0 spiro atoms. The Balaban J connectivity index is 0.00000243. The molecule has 0 aliphatic rings. The number of hydrogen-bond acceptors (Lipinski definition) is 4. The van der Waals surface area contributed by atoms with E-state index in [4.69, 9.17) is 0 Å². The summed E-state index contributed by atoms with van der Waals surface area (Å²) in [4.78, 5) is 16.9. The van der Waals surface area contributed by atoms with Crippen molar-refractivity contribution in [1.29, 1.82) is 0 Å². The Hall–Kier alpha value is -1.41. The summed E-state index contributed by atoms with van der Waals surface area (Å²) in [7, 11) is 0. The number of aromatic nitrogens is 1. The fourth-order valence-corrected chi connectivity index (χ4v) is 3.03. The zero-order chi connectivity index (χ0) is 17.5. The molecule has 1 N–H and O–H groups in total. The van der Waals surface area contributed by atoms with Gasteiger partial charge in [0.15, 0.2) is 0 Å². The third-order valence-electron chi connectivity index (χ3n) is 3.35. The van der Waals surface area contributed by atoms with Gasteiger partial charge in [-0.05, 0) is 35.7 Å². The number of hydrogen-bond donors (Lipinski definition) is 1. The number of thioether (sulfide) groups is 1. The van der Waals surface area contributed by atoms with Crippen molar-refractivity contribution in [2.24, 2.45) is 0 Å². The summed E-state index contributed by atoms with van der Waals surface area (Å²) in [6.07, 6.45) is 1.66. The monoisotopic (exact) mass is 386 g/mol. The van der Waals surface area contributed by atoms with Gasteiger partial charge in [0.05, 0.1) is 0 Å². The number of carbonyl (C=O) groups excluding carboxylic acids is 1. The van der Waals surface area contributed by atoms with E-state index in [2.05, 4.69) is 10.3 Å². The standard InChI is InChI=1S/C20H16N2O2S.K/c23-19(16-11-5-2-6-12-16)22-20(24)18(15-9-3-1-4-10-15)25-17-13-7-8-14-21-17;/h1-14,24H,(H,22,23);/q;+1/p-1/b20-18-;. The third kappa shape index (κ3) is 5.80. The molecule has 4 nitrogen and oxygen atoms in total. The van der Waals surface area contributed by atoms with E-state index in [-0.39, 0.29) is 51.4 Å². The Morgan fingerprint density at radius 3 is 2.00 bits per heavy atom. The largest absolute Gasteiger partial charge is 1.00 e. The zero-order valence-corrected chi connectivity index (χ0v) is 18.2. The summed E-state index contributed by atoms with van der Waals surface area (Å²) in [5, 5.41) is 15.8. The summed E-state index contributed by atoms with van der Waals surface area (Å²) < 4.78 is 0. The average molecular weight is 387 g/mol. The first-order valence-corrected chi connectivity index (χ1v) is 8.47. The summed E-state index contributed by atoms with van der Waals surface area (Å²) in [6, 6.07) is 23.4. The van der Waals surface area contributed by atoms with Gasteiger partial charge < -0.3 is 10.4 Å². The van der Waals surface area contributed by atoms with Crippen molar-refractivity contribution in [2.45, 2.75) is 5.03 Å². The van der Waals surface area contributed by atoms with Crippen molar-refractivity contribution in [3.05, 3.63) is 102 Å². The molecule has 1 aromatic heterocycles. The van der Waals surface area contributed by atoms with E-state index in [0.717, 1.165) is 5.56 Å². The van der Waals surface area contributed by atoms with Gasteiger partial charge >= 0.3 is 51.4 Å². The molecule has 26 heavy (non-hydrogen) atoms. The van der Waals surface area contributed by atoms with Crippen LogP contribution in [0, 0.1) is 0 Å². The van der Waals surface area contributed by atoms with Crippen molar-refractivity contribution in [1.82, 2.24) is 10.3 Å². The maximum absolute atomic E-state index is 12.7. The molecule has 1 amide bonds. The van der Waals surface area contributed by atoms with Gasteiger partial charge in [0.2, 0.25) is 0 Å². The Morgan fingerprint density at radius 2 is 1.42 bits per heavy atom. The van der Waals surface area contributed by atoms with Gasteiger partial charge in [-0.2, -0.15) is 0 Å². The number of nitrogens with one attached hydrogen (secondary N) is 1. The molecule has 0 unspecified atom stereocenters. The van der Waals surface area contributed by atoms with E-state index in [1.807, 2.05) is 54.6 Å². The second kappa shape index (κ2) is 10.7. The average Bonchev–Trinajstić information content (AvgIpc) is 2.68. The number of amides is 1. The quantitative estimate of drug-likeness (QED) is 0.389. The normalized spacial score (nSPS) is 11.1. The molecule has 0 aliphatic carbocycles. The van der Waals surface area contributed by atoms with E-state index < -0.39 is 11.8 Å². The Labute approximate surface area is 199 Å². The van der Waals surface area contributed by atoms with Crippen LogP contribution in [0.4, 0.5) is 0 Å². The van der Waals surface area contributed by atoms with Crippen LogP contribution in [0.15, 0.2) is 96.0 Å². The maximum atomic E-state index is 12.7. The summed E-state index contributed by atoms with van der Waals surface area (Å²) in [5.41, 5.74) is 1.17. The van der Waals surface area contributed by atoms with Crippen LogP contribution in [0.3, 0.4) is 0 Å². The van der Waals surface area contributed by atoms with Crippen molar-refractivity contribution in [3.8, 4) is 0 Å². The molecule has 0 radical (unpaired) electrons. The summed E-state index contributed by atoms with van der Waals surface area (Å²) in [5.74, 6) is -0.878. The molecule has 0 fully saturated rings. The molecular weight excluding hydrogens is 371 g/mol. The molecule has 1 heterocycles. The van der Waals surface area contributed by atoms with Crippen molar-refractivity contribution in [3.63, 3.8) is 0 Å². The molecule has 3 aromatic rings. The Kier molecular flexibility index (Phi) is 8.57. The number of pyridine rings is 1. The fourth-order valence-electron chi connectivity index (χ4n) is 2.16. The van der Waals surface area contributed by atoms with Crippen LogP contribution in [-0.4, -0.2) is 10.9 Å². The molecule has 0 saturated heterocycles. The van der Waals surface area contributed by atoms with Crippen molar-refractivity contribution < 1.29 is 61.3 Å². The summed E-state index contributed by atoms with van der Waals surface area (Å²) in [6.45, 7) is 0. The van der Waals surface area contributed by atoms with E-state index in [1.165, 1.54) is 11.8 Å². The zero-order valence-electron chi connectivity index (χ0n) is 14.3. The number of carbonyl (C=O) groups is 1. The Bertz CT molecular complexity index is 872. The van der Waals surface area contributed by atoms with E-state index in [0.29, 0.717) is 15.5 Å². The van der Waals surface area contributed by atoms with E-state index in [1.54, 1.807) is 30.5 Å². The predicted molar refractivity (Wildman–Crippen MR) is 97.4 cm³/mol. The first-order chi connectivity index (χ1) is 12.2. The molecule has 6 heteroatoms. The minimum absolute atomic E-state index is 0. The maximum Gasteiger partial charge on any atom is 1.00 e. The Morgan fingerprint density at radius 1 is 0.846 bits per heavy atom. The smallest absolute Gasteiger partial charge is 0.859 e. The molecule has 0 aliphatic heterocycles. The second-order valence-electron chi connectivity index (χ2n) is 5.11. The number of nitrogens with zero attached hydrogens (tertiary/aromatic N) is 1. The molecule has 0 bridgehead atoms. The summed E-state index contributed by atoms with van der Waals surface area (Å²) >= 11 is 1.23. The molecule has 0 saturated carbocycles. The van der Waals surface area contributed by atoms with Crippen LogP contribution in [0.2, 0.25) is 0 Å². The van der Waals surface area contributed by atoms with Crippen LogP contribution in [0.25, 0.3) is 4.91 Å². The van der Waals surface area contributed by atoms with Crippen LogP contribution in [0.1, 0.15) is 15.9 Å². The SMILES string of the molecule is O=C(N/C([O-])=C(/Sc1ccccn1)c1ccccc1)c1ccccc1.[K+]. The van der Waals surface area contributed by atoms with Gasteiger partial charge in [-0.3, -0.25) is 4.79 Å². The topological polar surface area (TPSA) is 65.0 Å². The van der Waals surface area contributed by atoms with Gasteiger partial charge in [0.1, 0.15) is 5.03 Å². The minimum Gasteiger partial charge on any atom is -0.859 e. The first kappa shape index (κ1) is 20.9. The van der Waals surface area contributed by atoms with Gasteiger partial charge in [-0.1, -0.05) is 66.4 Å². The van der Waals surface area contributed by atoms with Crippen LogP contribution in [-0.2, 0) is 0 Å². The molecular formula is C20H15KN2O2S. The predicted octanol–water partition coefficient (Wildman–Crippen LogP) is 0.294. The van der Waals surface area contributed by atoms with Gasteiger partial charge in [-0.25, -0.2) is 4.98 Å². The number of benzene rings is 2. The van der Waals surface area contributed by atoms with Gasteiger partial charge in [0, 0.05) is 16.7 Å². The third-order valence-corrected chi connectivity index (χ3v) is 4.43. The molecule has 3 rings (SSSR count). The van der Waals surface area contributed by atoms with Crippen LogP contribution >= 0.6 is 11.8 Å². The number of rotatable bonds is 5. The van der Waals surface area contributed by atoms with Gasteiger partial charge in [0.25, 0.3) is 5.91 Å². The van der Waals surface area contributed by atoms with Crippen molar-refractivity contribution in [2.75, 3.05) is 0 Å². The van der Waals surface area contributed by atoms with E-state index in [9.17, 15) is 9.90 Å². The second-order valence-corrected chi connectivity index (χ2v) is 6.15. The molecule has 2 aromatic carbocycles. The minimum atomic E-state index is -0.448. The first-order valence-electron chi connectivity index (χ1n) is 7.66. The van der Waals surface area contributed by atoms with Crippen molar-refractivity contribution >= 4 is 22.6 Å². The molecule has 124 valence electrons.